The third-order valence-corrected chi connectivity index (χ3v) is 4.25. The topological polar surface area (TPSA) is 87.7 Å². The molecule has 5 nitrogen and oxygen atoms in total. The minimum atomic E-state index is -0.776. The molecule has 0 fully saturated rings. The Morgan fingerprint density at radius 2 is 2.18 bits per heavy atom. The first-order chi connectivity index (χ1) is 7.81. The Labute approximate surface area is 106 Å². The van der Waals surface area contributed by atoms with E-state index in [0.29, 0.717) is 0 Å². The van der Waals surface area contributed by atoms with E-state index in [9.17, 15) is 4.21 Å². The summed E-state index contributed by atoms with van der Waals surface area (Å²) in [6, 6.07) is 0. The van der Waals surface area contributed by atoms with Crippen molar-refractivity contribution in [3.8, 4) is 0 Å². The molecule has 2 atom stereocenters. The van der Waals surface area contributed by atoms with Crippen LogP contribution in [0.3, 0.4) is 0 Å². The number of amidine groups is 1. The standard InChI is InChI=1S/C11H25N3O2S/c1-9(17(4)16)8-13-7-5-6-11(2,3)10(12)14-15/h9,13,15H,5-8H2,1-4H3,(H2,12,14). The quantitative estimate of drug-likeness (QED) is 0.200. The van der Waals surface area contributed by atoms with Crippen LogP contribution < -0.4 is 11.1 Å². The molecule has 0 amide bonds. The van der Waals surface area contributed by atoms with Gasteiger partial charge in [-0.05, 0) is 26.3 Å². The van der Waals surface area contributed by atoms with Crippen LogP contribution in [0.1, 0.15) is 33.6 Å². The van der Waals surface area contributed by atoms with Gasteiger partial charge in [0.25, 0.3) is 0 Å². The molecule has 0 aliphatic heterocycles. The van der Waals surface area contributed by atoms with Crippen molar-refractivity contribution < 1.29 is 9.42 Å². The van der Waals surface area contributed by atoms with Crippen LogP contribution in [0.4, 0.5) is 0 Å². The fourth-order valence-corrected chi connectivity index (χ4v) is 1.69. The lowest BCUT2D eigenvalue weighted by atomic mass is 9.86. The molecule has 6 heteroatoms. The predicted octanol–water partition coefficient (Wildman–Crippen LogP) is 0.896. The SMILES string of the molecule is CC(CNCCCC(C)(C)C(N)=NO)S(C)=O. The normalized spacial score (nSPS) is 16.8. The van der Waals surface area contributed by atoms with Crippen LogP contribution in [0.5, 0.6) is 0 Å². The third-order valence-electron chi connectivity index (χ3n) is 2.95. The van der Waals surface area contributed by atoms with Crippen molar-refractivity contribution in [3.63, 3.8) is 0 Å². The number of nitrogens with one attached hydrogen (secondary N) is 1. The lowest BCUT2D eigenvalue weighted by Crippen LogP contribution is -2.33. The van der Waals surface area contributed by atoms with Gasteiger partial charge >= 0.3 is 0 Å². The summed E-state index contributed by atoms with van der Waals surface area (Å²) in [6.07, 6.45) is 3.50. The van der Waals surface area contributed by atoms with E-state index in [0.717, 1.165) is 25.9 Å². The van der Waals surface area contributed by atoms with E-state index in [1.165, 1.54) is 0 Å². The number of nitrogens with two attached hydrogens (primary N) is 1. The third kappa shape index (κ3) is 6.63. The van der Waals surface area contributed by atoms with Crippen molar-refractivity contribution in [2.24, 2.45) is 16.3 Å². The van der Waals surface area contributed by atoms with Gasteiger partial charge in [-0.15, -0.1) is 0 Å². The zero-order valence-corrected chi connectivity index (χ0v) is 12.0. The predicted molar refractivity (Wildman–Crippen MR) is 72.8 cm³/mol. The Kier molecular flexibility index (Phi) is 7.38. The first-order valence-corrected chi connectivity index (χ1v) is 7.44. The second-order valence-electron chi connectivity index (χ2n) is 4.99. The summed E-state index contributed by atoms with van der Waals surface area (Å²) in [4.78, 5) is 0. The van der Waals surface area contributed by atoms with Gasteiger partial charge in [-0.1, -0.05) is 19.0 Å². The molecular weight excluding hydrogens is 238 g/mol. The van der Waals surface area contributed by atoms with Crippen molar-refractivity contribution in [2.75, 3.05) is 19.3 Å². The molecule has 0 bridgehead atoms. The van der Waals surface area contributed by atoms with Crippen molar-refractivity contribution in [2.45, 2.75) is 38.9 Å². The van der Waals surface area contributed by atoms with Gasteiger partial charge in [0.1, 0.15) is 5.84 Å². The average Bonchev–Trinajstić information content (AvgIpc) is 2.26. The minimum Gasteiger partial charge on any atom is -0.409 e. The van der Waals surface area contributed by atoms with Crippen LogP contribution in [0, 0.1) is 5.41 Å². The molecule has 0 aromatic heterocycles. The van der Waals surface area contributed by atoms with Crippen LogP contribution in [0.15, 0.2) is 5.16 Å². The average molecular weight is 263 g/mol. The molecule has 17 heavy (non-hydrogen) atoms. The number of rotatable bonds is 8. The van der Waals surface area contributed by atoms with Crippen LogP contribution >= 0.6 is 0 Å². The Bertz CT molecular complexity index is 280. The summed E-state index contributed by atoms with van der Waals surface area (Å²) in [5.74, 6) is 0.264. The van der Waals surface area contributed by atoms with Gasteiger partial charge in [0.2, 0.25) is 0 Å². The summed E-state index contributed by atoms with van der Waals surface area (Å²) in [5, 5.41) is 15.1. The van der Waals surface area contributed by atoms with Gasteiger partial charge in [0.05, 0.1) is 0 Å². The molecular formula is C11H25N3O2S. The van der Waals surface area contributed by atoms with Crippen LogP contribution in [-0.4, -0.2) is 39.8 Å². The van der Waals surface area contributed by atoms with Gasteiger partial charge in [0, 0.05) is 34.3 Å². The molecule has 0 aromatic rings. The summed E-state index contributed by atoms with van der Waals surface area (Å²) >= 11 is 0. The number of hydrogen-bond donors (Lipinski definition) is 3. The van der Waals surface area contributed by atoms with E-state index in [1.807, 2.05) is 20.8 Å². The molecule has 0 aliphatic rings. The molecule has 2 unspecified atom stereocenters. The highest BCUT2D eigenvalue weighted by Gasteiger charge is 2.22. The smallest absolute Gasteiger partial charge is 0.144 e. The fraction of sp³-hybridized carbons (Fsp3) is 0.909. The van der Waals surface area contributed by atoms with Crippen LogP contribution in [0.2, 0.25) is 0 Å². The summed E-state index contributed by atoms with van der Waals surface area (Å²) in [6.45, 7) is 7.47. The van der Waals surface area contributed by atoms with Crippen molar-refractivity contribution in [1.82, 2.24) is 5.32 Å². The molecule has 0 rings (SSSR count). The molecule has 0 saturated heterocycles. The minimum absolute atomic E-state index is 0.173. The highest BCUT2D eigenvalue weighted by Crippen LogP contribution is 2.21. The first-order valence-electron chi connectivity index (χ1n) is 5.82. The largest absolute Gasteiger partial charge is 0.409 e. The number of oxime groups is 1. The molecule has 0 spiro atoms. The Morgan fingerprint density at radius 1 is 1.59 bits per heavy atom. The maximum atomic E-state index is 11.1. The molecule has 4 N–H and O–H groups in total. The maximum absolute atomic E-state index is 11.1. The monoisotopic (exact) mass is 263 g/mol. The summed E-state index contributed by atoms with van der Waals surface area (Å²) in [5.41, 5.74) is 5.31. The van der Waals surface area contributed by atoms with E-state index >= 15 is 0 Å². The summed E-state index contributed by atoms with van der Waals surface area (Å²) in [7, 11) is -0.776. The Balaban J connectivity index is 3.75. The van der Waals surface area contributed by atoms with E-state index < -0.39 is 10.8 Å². The van der Waals surface area contributed by atoms with E-state index in [2.05, 4.69) is 10.5 Å². The Hall–Kier alpha value is -0.620. The van der Waals surface area contributed by atoms with Crippen LogP contribution in [-0.2, 0) is 10.8 Å². The summed E-state index contributed by atoms with van der Waals surface area (Å²) < 4.78 is 11.1. The highest BCUT2D eigenvalue weighted by atomic mass is 32.2. The number of hydrogen-bond acceptors (Lipinski definition) is 4. The van der Waals surface area contributed by atoms with E-state index in [1.54, 1.807) is 6.26 Å². The fourth-order valence-electron chi connectivity index (χ4n) is 1.34. The van der Waals surface area contributed by atoms with Gasteiger partial charge < -0.3 is 16.3 Å². The zero-order valence-electron chi connectivity index (χ0n) is 11.2. The van der Waals surface area contributed by atoms with Crippen molar-refractivity contribution >= 4 is 16.6 Å². The molecule has 102 valence electrons. The van der Waals surface area contributed by atoms with Gasteiger partial charge in [-0.3, -0.25) is 4.21 Å². The van der Waals surface area contributed by atoms with Crippen molar-refractivity contribution in [3.05, 3.63) is 0 Å². The lowest BCUT2D eigenvalue weighted by molar-refractivity contribution is 0.304. The molecule has 0 aromatic carbocycles. The molecule has 0 heterocycles. The first kappa shape index (κ1) is 16.4. The van der Waals surface area contributed by atoms with E-state index in [-0.39, 0.29) is 16.5 Å². The van der Waals surface area contributed by atoms with E-state index in [4.69, 9.17) is 10.9 Å². The lowest BCUT2D eigenvalue weighted by Gasteiger charge is -2.22. The number of nitrogens with zero attached hydrogens (tertiary/aromatic N) is 1. The molecule has 0 aliphatic carbocycles. The maximum Gasteiger partial charge on any atom is 0.144 e. The van der Waals surface area contributed by atoms with Gasteiger partial charge in [-0.25, -0.2) is 0 Å². The second-order valence-corrected chi connectivity index (χ2v) is 6.79. The van der Waals surface area contributed by atoms with Crippen molar-refractivity contribution in [1.29, 1.82) is 0 Å². The molecule has 0 saturated carbocycles. The van der Waals surface area contributed by atoms with Gasteiger partial charge in [-0.2, -0.15) is 0 Å². The van der Waals surface area contributed by atoms with Gasteiger partial charge in [0.15, 0.2) is 0 Å². The second kappa shape index (κ2) is 7.66. The molecule has 0 radical (unpaired) electrons. The van der Waals surface area contributed by atoms with Crippen LogP contribution in [0.25, 0.3) is 0 Å². The Morgan fingerprint density at radius 3 is 2.65 bits per heavy atom. The highest BCUT2D eigenvalue weighted by molar-refractivity contribution is 7.84. The zero-order chi connectivity index (χ0) is 13.5.